The minimum Gasteiger partial charge on any atom is -0.377 e. The summed E-state index contributed by atoms with van der Waals surface area (Å²) in [5, 5.41) is 0.733. The predicted octanol–water partition coefficient (Wildman–Crippen LogP) is 2.91. The monoisotopic (exact) mass is 281 g/mol. The van der Waals surface area contributed by atoms with Crippen LogP contribution in [-0.2, 0) is 16.0 Å². The summed E-state index contributed by atoms with van der Waals surface area (Å²) < 4.78 is 5.43. The third-order valence-corrected chi connectivity index (χ3v) is 3.88. The third kappa shape index (κ3) is 3.48. The Morgan fingerprint density at radius 3 is 2.84 bits per heavy atom. The van der Waals surface area contributed by atoms with Crippen molar-refractivity contribution in [1.82, 2.24) is 4.90 Å². The van der Waals surface area contributed by atoms with E-state index in [0.29, 0.717) is 32.6 Å². The van der Waals surface area contributed by atoms with Crippen LogP contribution in [0.25, 0.3) is 0 Å². The molecule has 3 nitrogen and oxygen atoms in total. The summed E-state index contributed by atoms with van der Waals surface area (Å²) in [6, 6.07) is 7.68. The van der Waals surface area contributed by atoms with E-state index in [2.05, 4.69) is 0 Å². The Morgan fingerprint density at radius 1 is 1.42 bits per heavy atom. The van der Waals surface area contributed by atoms with Gasteiger partial charge < -0.3 is 9.64 Å². The molecular formula is C15H20ClNO2. The van der Waals surface area contributed by atoms with E-state index in [1.54, 1.807) is 0 Å². The first-order chi connectivity index (χ1) is 9.00. The molecule has 1 aliphatic heterocycles. The van der Waals surface area contributed by atoms with Crippen molar-refractivity contribution in [2.45, 2.75) is 32.2 Å². The minimum absolute atomic E-state index is 0.174. The molecule has 0 saturated carbocycles. The van der Waals surface area contributed by atoms with Crippen molar-refractivity contribution >= 4 is 17.5 Å². The number of aryl methyl sites for hydroxylation is 1. The van der Waals surface area contributed by atoms with Crippen LogP contribution in [0, 0.1) is 0 Å². The first kappa shape index (κ1) is 14.4. The van der Waals surface area contributed by atoms with Gasteiger partial charge in [-0.15, -0.1) is 0 Å². The van der Waals surface area contributed by atoms with Crippen LogP contribution in [0.2, 0.25) is 5.02 Å². The molecule has 1 heterocycles. The number of ether oxygens (including phenoxy) is 1. The fraction of sp³-hybridized carbons (Fsp3) is 0.533. The number of carbonyl (C=O) groups is 1. The largest absolute Gasteiger partial charge is 0.377 e. The summed E-state index contributed by atoms with van der Waals surface area (Å²) in [6.45, 7) is 5.99. The highest BCUT2D eigenvalue weighted by atomic mass is 35.5. The number of nitrogens with zero attached hydrogens (tertiary/aromatic N) is 1. The minimum atomic E-state index is -0.212. The van der Waals surface area contributed by atoms with E-state index < -0.39 is 0 Å². The molecule has 0 aromatic heterocycles. The number of hydrogen-bond acceptors (Lipinski definition) is 2. The van der Waals surface area contributed by atoms with Gasteiger partial charge in [0.1, 0.15) is 0 Å². The number of morpholine rings is 1. The van der Waals surface area contributed by atoms with Crippen LogP contribution < -0.4 is 0 Å². The highest BCUT2D eigenvalue weighted by Crippen LogP contribution is 2.22. The zero-order valence-electron chi connectivity index (χ0n) is 11.5. The van der Waals surface area contributed by atoms with Crippen molar-refractivity contribution < 1.29 is 9.53 Å². The molecule has 0 atom stereocenters. The van der Waals surface area contributed by atoms with E-state index in [1.165, 1.54) is 0 Å². The smallest absolute Gasteiger partial charge is 0.223 e. The lowest BCUT2D eigenvalue weighted by Crippen LogP contribution is -2.55. The van der Waals surface area contributed by atoms with Gasteiger partial charge in [-0.3, -0.25) is 4.79 Å². The lowest BCUT2D eigenvalue weighted by Gasteiger charge is -2.42. The third-order valence-electron chi connectivity index (χ3n) is 3.51. The van der Waals surface area contributed by atoms with Gasteiger partial charge in [0.25, 0.3) is 0 Å². The molecule has 0 radical (unpaired) electrons. The van der Waals surface area contributed by atoms with E-state index in [9.17, 15) is 4.79 Å². The summed E-state index contributed by atoms with van der Waals surface area (Å²) in [4.78, 5) is 14.2. The Morgan fingerprint density at radius 2 is 2.16 bits per heavy atom. The molecule has 19 heavy (non-hydrogen) atoms. The normalized spacial score (nSPS) is 18.4. The molecule has 0 N–H and O–H groups in total. The number of rotatable bonds is 3. The highest BCUT2D eigenvalue weighted by molar-refractivity contribution is 6.31. The Hall–Kier alpha value is -1.06. The van der Waals surface area contributed by atoms with Crippen LogP contribution in [-0.4, -0.2) is 36.1 Å². The Bertz CT molecular complexity index is 459. The molecule has 0 spiro atoms. The summed E-state index contributed by atoms with van der Waals surface area (Å²) in [5.41, 5.74) is 0.819. The zero-order valence-corrected chi connectivity index (χ0v) is 12.2. The SMILES string of the molecule is CC1(C)COCCN1C(=O)CCc1ccccc1Cl. The second-order valence-electron chi connectivity index (χ2n) is 5.50. The molecule has 1 aromatic rings. The van der Waals surface area contributed by atoms with Crippen LogP contribution in [0.5, 0.6) is 0 Å². The van der Waals surface area contributed by atoms with Crippen LogP contribution in [0.3, 0.4) is 0 Å². The fourth-order valence-electron chi connectivity index (χ4n) is 2.40. The average Bonchev–Trinajstić information content (AvgIpc) is 2.37. The maximum absolute atomic E-state index is 12.3. The summed E-state index contributed by atoms with van der Waals surface area (Å²) in [5.74, 6) is 0.174. The summed E-state index contributed by atoms with van der Waals surface area (Å²) >= 11 is 6.10. The molecule has 1 aromatic carbocycles. The number of benzene rings is 1. The van der Waals surface area contributed by atoms with Gasteiger partial charge in [0, 0.05) is 18.0 Å². The van der Waals surface area contributed by atoms with Crippen LogP contribution in [0.1, 0.15) is 25.8 Å². The van der Waals surface area contributed by atoms with Gasteiger partial charge in [0.2, 0.25) is 5.91 Å². The molecule has 2 rings (SSSR count). The predicted molar refractivity (Wildman–Crippen MR) is 76.4 cm³/mol. The van der Waals surface area contributed by atoms with E-state index >= 15 is 0 Å². The fourth-order valence-corrected chi connectivity index (χ4v) is 2.63. The van der Waals surface area contributed by atoms with Gasteiger partial charge in [-0.05, 0) is 31.9 Å². The summed E-state index contributed by atoms with van der Waals surface area (Å²) in [6.07, 6.45) is 1.18. The van der Waals surface area contributed by atoms with E-state index in [1.807, 2.05) is 43.0 Å². The van der Waals surface area contributed by atoms with E-state index in [-0.39, 0.29) is 11.4 Å². The van der Waals surface area contributed by atoms with Gasteiger partial charge in [0.15, 0.2) is 0 Å². The quantitative estimate of drug-likeness (QED) is 0.853. The highest BCUT2D eigenvalue weighted by Gasteiger charge is 2.33. The molecule has 1 aliphatic rings. The number of amides is 1. The average molecular weight is 282 g/mol. The van der Waals surface area contributed by atoms with Gasteiger partial charge in [-0.1, -0.05) is 29.8 Å². The van der Waals surface area contributed by atoms with Crippen LogP contribution >= 0.6 is 11.6 Å². The second kappa shape index (κ2) is 5.93. The van der Waals surface area contributed by atoms with Gasteiger partial charge in [-0.25, -0.2) is 0 Å². The van der Waals surface area contributed by atoms with Crippen molar-refractivity contribution in [2.75, 3.05) is 19.8 Å². The molecule has 0 bridgehead atoms. The van der Waals surface area contributed by atoms with E-state index in [4.69, 9.17) is 16.3 Å². The van der Waals surface area contributed by atoms with Gasteiger partial charge in [0.05, 0.1) is 18.8 Å². The van der Waals surface area contributed by atoms with Crippen molar-refractivity contribution in [3.05, 3.63) is 34.9 Å². The van der Waals surface area contributed by atoms with E-state index in [0.717, 1.165) is 10.6 Å². The maximum Gasteiger partial charge on any atom is 0.223 e. The Balaban J connectivity index is 1.96. The maximum atomic E-state index is 12.3. The Kier molecular flexibility index (Phi) is 4.48. The summed E-state index contributed by atoms with van der Waals surface area (Å²) in [7, 11) is 0. The van der Waals surface area contributed by atoms with Crippen molar-refractivity contribution in [3.8, 4) is 0 Å². The molecule has 1 fully saturated rings. The van der Waals surface area contributed by atoms with Crippen LogP contribution in [0.15, 0.2) is 24.3 Å². The van der Waals surface area contributed by atoms with Gasteiger partial charge in [-0.2, -0.15) is 0 Å². The standard InChI is InChI=1S/C15H20ClNO2/c1-15(2)11-19-10-9-17(15)14(18)8-7-12-5-3-4-6-13(12)16/h3-6H,7-11H2,1-2H3. The topological polar surface area (TPSA) is 29.5 Å². The number of carbonyl (C=O) groups excluding carboxylic acids is 1. The number of halogens is 1. The molecule has 4 heteroatoms. The first-order valence-electron chi connectivity index (χ1n) is 6.62. The lowest BCUT2D eigenvalue weighted by molar-refractivity contribution is -0.146. The molecule has 104 valence electrons. The zero-order chi connectivity index (χ0) is 13.9. The Labute approximate surface area is 119 Å². The van der Waals surface area contributed by atoms with Crippen LogP contribution in [0.4, 0.5) is 0 Å². The molecular weight excluding hydrogens is 262 g/mol. The second-order valence-corrected chi connectivity index (χ2v) is 5.91. The van der Waals surface area contributed by atoms with Crippen molar-refractivity contribution in [1.29, 1.82) is 0 Å². The molecule has 0 unspecified atom stereocenters. The first-order valence-corrected chi connectivity index (χ1v) is 7.00. The van der Waals surface area contributed by atoms with Gasteiger partial charge >= 0.3 is 0 Å². The lowest BCUT2D eigenvalue weighted by atomic mass is 10.0. The molecule has 1 amide bonds. The van der Waals surface area contributed by atoms with Crippen molar-refractivity contribution in [2.24, 2.45) is 0 Å². The molecule has 1 saturated heterocycles. The number of hydrogen-bond donors (Lipinski definition) is 0. The van der Waals surface area contributed by atoms with Crippen molar-refractivity contribution in [3.63, 3.8) is 0 Å². The molecule has 0 aliphatic carbocycles.